The summed E-state index contributed by atoms with van der Waals surface area (Å²) in [6.07, 6.45) is 16.2. The predicted octanol–water partition coefficient (Wildman–Crippen LogP) is 13.7. The van der Waals surface area contributed by atoms with Crippen LogP contribution in [0, 0.1) is 49.4 Å². The summed E-state index contributed by atoms with van der Waals surface area (Å²) in [5.74, 6) is 3.73. The van der Waals surface area contributed by atoms with Crippen LogP contribution in [0.5, 0.6) is 0 Å². The van der Waals surface area contributed by atoms with E-state index in [4.69, 9.17) is 0 Å². The summed E-state index contributed by atoms with van der Waals surface area (Å²) < 4.78 is 0. The Morgan fingerprint density at radius 3 is 1.74 bits per heavy atom. The Labute approximate surface area is 263 Å². The average Bonchev–Trinajstić information content (AvgIpc) is 2.66. The first-order valence-corrected chi connectivity index (χ1v) is 15.0. The minimum atomic E-state index is 0. The van der Waals surface area contributed by atoms with Gasteiger partial charge in [-0.15, -0.1) is 0 Å². The molecule has 0 bridgehead atoms. The van der Waals surface area contributed by atoms with E-state index in [1.807, 2.05) is 6.92 Å². The van der Waals surface area contributed by atoms with Crippen LogP contribution in [0.25, 0.3) is 0 Å². The van der Waals surface area contributed by atoms with Gasteiger partial charge in [-0.2, -0.15) is 0 Å². The normalized spacial score (nSPS) is 20.2. The van der Waals surface area contributed by atoms with Gasteiger partial charge in [-0.05, 0) is 106 Å². The molecule has 0 aromatic rings. The van der Waals surface area contributed by atoms with Crippen LogP contribution in [0.1, 0.15) is 149 Å². The van der Waals surface area contributed by atoms with E-state index in [0.717, 1.165) is 29.2 Å². The van der Waals surface area contributed by atoms with Crippen LogP contribution < -0.4 is 0 Å². The Kier molecular flexibility index (Phi) is 30.0. The second-order valence-corrected chi connectivity index (χ2v) is 14.3. The van der Waals surface area contributed by atoms with E-state index in [0.29, 0.717) is 10.8 Å². The minimum Gasteiger partial charge on any atom is -0.358 e. The molecule has 234 valence electrons. The summed E-state index contributed by atoms with van der Waals surface area (Å²) in [6, 6.07) is 0. The van der Waals surface area contributed by atoms with Gasteiger partial charge in [-0.3, -0.25) is 0 Å². The van der Waals surface area contributed by atoms with Crippen LogP contribution in [0.2, 0.25) is 0 Å². The van der Waals surface area contributed by atoms with E-state index < -0.39 is 0 Å². The van der Waals surface area contributed by atoms with Crippen molar-refractivity contribution in [3.63, 3.8) is 0 Å². The number of allylic oxidation sites excluding steroid dienone is 7. The minimum absolute atomic E-state index is 0. The van der Waals surface area contributed by atoms with E-state index in [-0.39, 0.29) is 34.3 Å². The van der Waals surface area contributed by atoms with Crippen molar-refractivity contribution in [3.8, 4) is 0 Å². The van der Waals surface area contributed by atoms with Crippen molar-refractivity contribution in [1.82, 2.24) is 0 Å². The second kappa shape index (κ2) is 24.2. The Balaban J connectivity index is -0.000000132. The molecule has 0 N–H and O–H groups in total. The third-order valence-electron chi connectivity index (χ3n) is 7.26. The molecule has 1 unspecified atom stereocenters. The van der Waals surface area contributed by atoms with Crippen LogP contribution in [0.4, 0.5) is 0 Å². The van der Waals surface area contributed by atoms with Gasteiger partial charge in [0.15, 0.2) is 0 Å². The number of rotatable bonds is 5. The summed E-state index contributed by atoms with van der Waals surface area (Å²) in [7, 11) is 0. The predicted molar refractivity (Wildman–Crippen MR) is 182 cm³/mol. The molecule has 0 spiro atoms. The Bertz CT molecular complexity index is 686. The van der Waals surface area contributed by atoms with Crippen molar-refractivity contribution >= 4 is 0 Å². The third-order valence-corrected chi connectivity index (χ3v) is 7.26. The average molecular weight is 632 g/mol. The molecule has 0 aliphatic heterocycles. The number of hydrogen-bond acceptors (Lipinski definition) is 0. The third kappa shape index (κ3) is 27.5. The molecule has 1 heteroatoms. The fourth-order valence-corrected chi connectivity index (χ4v) is 5.79. The zero-order valence-electron chi connectivity index (χ0n) is 30.1. The molecule has 2 aliphatic carbocycles. The largest absolute Gasteiger partial charge is 2.00 e. The Morgan fingerprint density at radius 2 is 1.49 bits per heavy atom. The molecule has 0 aromatic carbocycles. The van der Waals surface area contributed by atoms with Gasteiger partial charge in [0.25, 0.3) is 0 Å². The first-order valence-electron chi connectivity index (χ1n) is 15.0. The fraction of sp³-hybridized carbons (Fsp3) is 0.737. The molecule has 1 saturated carbocycles. The molecule has 0 heterocycles. The van der Waals surface area contributed by atoms with Crippen LogP contribution in [0.3, 0.4) is 0 Å². The molecule has 0 radical (unpaired) electrons. The van der Waals surface area contributed by atoms with Crippen LogP contribution in [-0.2, 0) is 19.5 Å². The van der Waals surface area contributed by atoms with Crippen LogP contribution in [-0.4, -0.2) is 0 Å². The van der Waals surface area contributed by atoms with E-state index in [2.05, 4.69) is 122 Å². The standard InChI is InChI=1S/C11H22.C11H18.C7H16.C7H12.2CH3.Ru/c2*1-5-10-6-7-11(3,4)8-9(10)2;2*1-6(2)5-7(3)4;;;/h9-10H,5-8H2,1-4H3;6-7H,5,8H2,1-4H3;6-7H,5H2,1-4H3;5H,1H2,2-4H3;2*1H3;/q;;;;2*-1;+2/t9-,10?;;;;;;/m1....../s1. The van der Waals surface area contributed by atoms with E-state index in [9.17, 15) is 0 Å². The molecular weight excluding hydrogens is 557 g/mol. The van der Waals surface area contributed by atoms with Gasteiger partial charge in [-0.1, -0.05) is 124 Å². The smallest absolute Gasteiger partial charge is 0.358 e. The zero-order chi connectivity index (χ0) is 28.7. The molecule has 2 rings (SSSR count). The molecule has 0 aromatic heterocycles. The monoisotopic (exact) mass is 632 g/mol. The molecule has 2 atom stereocenters. The maximum Gasteiger partial charge on any atom is 2.00 e. The van der Waals surface area contributed by atoms with Gasteiger partial charge < -0.3 is 14.9 Å². The quantitative estimate of drug-likeness (QED) is 0.161. The maximum absolute atomic E-state index is 3.72. The maximum atomic E-state index is 3.72. The second-order valence-electron chi connectivity index (χ2n) is 14.3. The molecule has 0 amide bonds. The van der Waals surface area contributed by atoms with Gasteiger partial charge in [0.1, 0.15) is 0 Å². The fourth-order valence-electron chi connectivity index (χ4n) is 5.79. The van der Waals surface area contributed by atoms with Gasteiger partial charge in [0.2, 0.25) is 0 Å². The van der Waals surface area contributed by atoms with E-state index >= 15 is 0 Å². The SMILES string of the molecule is C=C(C)C=C(C)C.CC(C)CC(C)C.CCC1=C(C)CC(C)(C)C=C1.CCC1CCC(C)(C)C[C@H]1C.[CH3-].[CH3-].[Ru+2]. The molecule has 2 aliphatic rings. The van der Waals surface area contributed by atoms with Gasteiger partial charge >= 0.3 is 19.5 Å². The zero-order valence-corrected chi connectivity index (χ0v) is 31.8. The van der Waals surface area contributed by atoms with Crippen LogP contribution >= 0.6 is 0 Å². The van der Waals surface area contributed by atoms with Crippen molar-refractivity contribution in [2.75, 3.05) is 0 Å². The van der Waals surface area contributed by atoms with Gasteiger partial charge in [-0.25, -0.2) is 0 Å². The molecule has 1 fully saturated rings. The molecule has 0 saturated heterocycles. The van der Waals surface area contributed by atoms with E-state index in [1.165, 1.54) is 56.1 Å². The topological polar surface area (TPSA) is 0 Å². The van der Waals surface area contributed by atoms with Crippen molar-refractivity contribution in [2.24, 2.45) is 34.5 Å². The summed E-state index contributed by atoms with van der Waals surface area (Å²) in [4.78, 5) is 0. The van der Waals surface area contributed by atoms with Crippen molar-refractivity contribution in [2.45, 2.75) is 149 Å². The summed E-state index contributed by atoms with van der Waals surface area (Å²) in [6.45, 7) is 37.5. The summed E-state index contributed by atoms with van der Waals surface area (Å²) in [5.41, 5.74) is 6.56. The summed E-state index contributed by atoms with van der Waals surface area (Å²) >= 11 is 0. The number of hydrogen-bond donors (Lipinski definition) is 0. The van der Waals surface area contributed by atoms with Crippen molar-refractivity contribution in [3.05, 3.63) is 62.0 Å². The Morgan fingerprint density at radius 1 is 1.00 bits per heavy atom. The molecule has 0 nitrogen and oxygen atoms in total. The van der Waals surface area contributed by atoms with Crippen molar-refractivity contribution < 1.29 is 19.5 Å². The first kappa shape index (κ1) is 48.3. The molecular formula is C38H74Ru. The van der Waals surface area contributed by atoms with Crippen molar-refractivity contribution in [1.29, 1.82) is 0 Å². The van der Waals surface area contributed by atoms with Gasteiger partial charge in [0.05, 0.1) is 0 Å². The first-order chi connectivity index (χ1) is 16.4. The Hall–Kier alpha value is -0.417. The molecule has 39 heavy (non-hydrogen) atoms. The van der Waals surface area contributed by atoms with Crippen LogP contribution in [0.15, 0.2) is 47.1 Å². The summed E-state index contributed by atoms with van der Waals surface area (Å²) in [5, 5.41) is 0. The van der Waals surface area contributed by atoms with E-state index in [1.54, 1.807) is 5.57 Å². The van der Waals surface area contributed by atoms with Gasteiger partial charge in [0, 0.05) is 0 Å².